The highest BCUT2D eigenvalue weighted by Gasteiger charge is 2.34. The Hall–Kier alpha value is -3.68. The number of rotatable bonds is 4. The molecule has 0 saturated heterocycles. The van der Waals surface area contributed by atoms with Crippen molar-refractivity contribution in [3.8, 4) is 16.9 Å². The standard InChI is InChI=1S/C28H20FO2P/c29-21-17-15-20(16-18-21)26-19-27(30)24-13-7-8-14-25(24)28(26)32(31,22-9-3-1-4-10-22)23-11-5-2-6-12-23/h1-19,30H. The van der Waals surface area contributed by atoms with Gasteiger partial charge >= 0.3 is 0 Å². The fourth-order valence-electron chi connectivity index (χ4n) is 4.21. The lowest BCUT2D eigenvalue weighted by atomic mass is 10.00. The molecule has 0 spiro atoms. The molecule has 0 atom stereocenters. The second-order valence-electron chi connectivity index (χ2n) is 7.62. The van der Waals surface area contributed by atoms with E-state index in [0.29, 0.717) is 37.8 Å². The van der Waals surface area contributed by atoms with Crippen molar-refractivity contribution in [2.24, 2.45) is 0 Å². The molecule has 156 valence electrons. The number of aromatic hydroxyl groups is 1. The van der Waals surface area contributed by atoms with E-state index in [1.807, 2.05) is 84.9 Å². The molecule has 0 fully saturated rings. The van der Waals surface area contributed by atoms with Gasteiger partial charge in [0.25, 0.3) is 0 Å². The van der Waals surface area contributed by atoms with E-state index in [9.17, 15) is 9.50 Å². The molecular formula is C28H20FO2P. The molecule has 5 aromatic rings. The average Bonchev–Trinajstić information content (AvgIpc) is 2.85. The first-order valence-corrected chi connectivity index (χ1v) is 12.0. The number of phenols is 1. The normalized spacial score (nSPS) is 11.5. The Balaban J connectivity index is 1.97. The smallest absolute Gasteiger partial charge is 0.172 e. The van der Waals surface area contributed by atoms with Gasteiger partial charge in [0.15, 0.2) is 7.14 Å². The summed E-state index contributed by atoms with van der Waals surface area (Å²) in [5, 5.41) is 14.2. The van der Waals surface area contributed by atoms with Crippen molar-refractivity contribution in [2.45, 2.75) is 0 Å². The zero-order valence-corrected chi connectivity index (χ0v) is 18.0. The third-order valence-electron chi connectivity index (χ3n) is 5.70. The number of benzene rings is 5. The van der Waals surface area contributed by atoms with Gasteiger partial charge in [0, 0.05) is 21.3 Å². The van der Waals surface area contributed by atoms with Crippen LogP contribution in [0.3, 0.4) is 0 Å². The molecule has 0 bridgehead atoms. The lowest BCUT2D eigenvalue weighted by molar-refractivity contribution is 0.482. The summed E-state index contributed by atoms with van der Waals surface area (Å²) in [4.78, 5) is 0. The lowest BCUT2D eigenvalue weighted by Gasteiger charge is -2.25. The van der Waals surface area contributed by atoms with E-state index >= 15 is 4.57 Å². The second-order valence-corrected chi connectivity index (χ2v) is 10.3. The van der Waals surface area contributed by atoms with Gasteiger partial charge in [0.1, 0.15) is 11.6 Å². The van der Waals surface area contributed by atoms with Crippen LogP contribution in [0.5, 0.6) is 5.75 Å². The molecule has 0 aliphatic carbocycles. The SMILES string of the molecule is O=P(c1ccccc1)(c1ccccc1)c1c(-c2ccc(F)cc2)cc(O)c2ccccc12. The molecule has 0 saturated carbocycles. The van der Waals surface area contributed by atoms with Crippen LogP contribution in [0.25, 0.3) is 21.9 Å². The van der Waals surface area contributed by atoms with E-state index in [-0.39, 0.29) is 11.6 Å². The molecule has 0 aliphatic rings. The predicted molar refractivity (Wildman–Crippen MR) is 130 cm³/mol. The van der Waals surface area contributed by atoms with Crippen molar-refractivity contribution in [1.29, 1.82) is 0 Å². The summed E-state index contributed by atoms with van der Waals surface area (Å²) in [6.07, 6.45) is 0. The van der Waals surface area contributed by atoms with E-state index < -0.39 is 7.14 Å². The van der Waals surface area contributed by atoms with Gasteiger partial charge in [-0.05, 0) is 34.7 Å². The molecular weight excluding hydrogens is 418 g/mol. The quantitative estimate of drug-likeness (QED) is 0.350. The molecule has 0 heterocycles. The first-order chi connectivity index (χ1) is 15.6. The molecule has 4 heteroatoms. The monoisotopic (exact) mass is 438 g/mol. The third-order valence-corrected chi connectivity index (χ3v) is 8.87. The van der Waals surface area contributed by atoms with Crippen LogP contribution in [0.1, 0.15) is 0 Å². The molecule has 0 aromatic heterocycles. The van der Waals surface area contributed by atoms with Crippen molar-refractivity contribution in [2.75, 3.05) is 0 Å². The van der Waals surface area contributed by atoms with Crippen molar-refractivity contribution in [3.05, 3.63) is 121 Å². The van der Waals surface area contributed by atoms with Crippen molar-refractivity contribution in [3.63, 3.8) is 0 Å². The van der Waals surface area contributed by atoms with Gasteiger partial charge in [-0.2, -0.15) is 0 Å². The Kier molecular flexibility index (Phi) is 5.13. The summed E-state index contributed by atoms with van der Waals surface area (Å²) >= 11 is 0. The number of halogens is 1. The second kappa shape index (κ2) is 8.11. The van der Waals surface area contributed by atoms with Crippen LogP contribution in [-0.2, 0) is 4.57 Å². The molecule has 5 rings (SSSR count). The molecule has 0 aliphatic heterocycles. The molecule has 5 aromatic carbocycles. The topological polar surface area (TPSA) is 37.3 Å². The minimum atomic E-state index is -3.36. The fourth-order valence-corrected chi connectivity index (χ4v) is 7.28. The Bertz CT molecular complexity index is 1400. The highest BCUT2D eigenvalue weighted by molar-refractivity contribution is 7.86. The van der Waals surface area contributed by atoms with Gasteiger partial charge in [0.2, 0.25) is 0 Å². The van der Waals surface area contributed by atoms with Gasteiger partial charge in [0.05, 0.1) is 0 Å². The van der Waals surface area contributed by atoms with Crippen molar-refractivity contribution >= 4 is 33.8 Å². The maximum absolute atomic E-state index is 15.2. The molecule has 0 unspecified atom stereocenters. The van der Waals surface area contributed by atoms with Gasteiger partial charge in [-0.15, -0.1) is 0 Å². The molecule has 32 heavy (non-hydrogen) atoms. The van der Waals surface area contributed by atoms with Crippen LogP contribution < -0.4 is 15.9 Å². The summed E-state index contributed by atoms with van der Waals surface area (Å²) in [5.41, 5.74) is 1.31. The number of hydrogen-bond acceptors (Lipinski definition) is 2. The summed E-state index contributed by atoms with van der Waals surface area (Å²) in [6, 6.07) is 34.0. The fraction of sp³-hybridized carbons (Fsp3) is 0. The van der Waals surface area contributed by atoms with Crippen LogP contribution in [0.2, 0.25) is 0 Å². The lowest BCUT2D eigenvalue weighted by Crippen LogP contribution is -2.27. The van der Waals surface area contributed by atoms with E-state index in [1.165, 1.54) is 12.1 Å². The van der Waals surface area contributed by atoms with Crippen molar-refractivity contribution < 1.29 is 14.1 Å². The average molecular weight is 438 g/mol. The van der Waals surface area contributed by atoms with Crippen LogP contribution in [0, 0.1) is 5.82 Å². The minimum Gasteiger partial charge on any atom is -0.507 e. The van der Waals surface area contributed by atoms with Crippen molar-refractivity contribution in [1.82, 2.24) is 0 Å². The zero-order valence-electron chi connectivity index (χ0n) is 17.2. The predicted octanol–water partition coefficient (Wildman–Crippen LogP) is 5.99. The first-order valence-electron chi connectivity index (χ1n) is 10.3. The van der Waals surface area contributed by atoms with E-state index in [4.69, 9.17) is 0 Å². The minimum absolute atomic E-state index is 0.0938. The van der Waals surface area contributed by atoms with E-state index in [1.54, 1.807) is 18.2 Å². The first kappa shape index (κ1) is 20.2. The van der Waals surface area contributed by atoms with Crippen LogP contribution in [0.4, 0.5) is 4.39 Å². The van der Waals surface area contributed by atoms with Gasteiger partial charge in [-0.25, -0.2) is 4.39 Å². The Morgan fingerprint density at radius 1 is 0.625 bits per heavy atom. The van der Waals surface area contributed by atoms with Crippen LogP contribution in [-0.4, -0.2) is 5.11 Å². The van der Waals surface area contributed by atoms with E-state index in [0.717, 1.165) is 0 Å². The molecule has 2 nitrogen and oxygen atoms in total. The Labute approximate surface area is 186 Å². The number of hydrogen-bond donors (Lipinski definition) is 1. The summed E-state index contributed by atoms with van der Waals surface area (Å²) < 4.78 is 28.9. The molecule has 0 amide bonds. The van der Waals surface area contributed by atoms with Gasteiger partial charge < -0.3 is 9.67 Å². The Morgan fingerprint density at radius 3 is 1.69 bits per heavy atom. The highest BCUT2D eigenvalue weighted by Crippen LogP contribution is 2.48. The van der Waals surface area contributed by atoms with E-state index in [2.05, 4.69) is 0 Å². The zero-order chi connectivity index (χ0) is 22.1. The largest absolute Gasteiger partial charge is 0.507 e. The highest BCUT2D eigenvalue weighted by atomic mass is 31.2. The summed E-state index contributed by atoms with van der Waals surface area (Å²) in [7, 11) is -3.36. The van der Waals surface area contributed by atoms with Gasteiger partial charge in [-0.3, -0.25) is 0 Å². The number of fused-ring (bicyclic) bond motifs is 1. The third kappa shape index (κ3) is 3.32. The maximum atomic E-state index is 15.2. The number of phenolic OH excluding ortho intramolecular Hbond substituents is 1. The van der Waals surface area contributed by atoms with Gasteiger partial charge in [-0.1, -0.05) is 97.1 Å². The molecule has 1 N–H and O–H groups in total. The Morgan fingerprint density at radius 2 is 1.12 bits per heavy atom. The maximum Gasteiger partial charge on any atom is 0.172 e. The summed E-state index contributed by atoms with van der Waals surface area (Å²) in [5.74, 6) is -0.258. The molecule has 0 radical (unpaired) electrons. The summed E-state index contributed by atoms with van der Waals surface area (Å²) in [6.45, 7) is 0. The van der Waals surface area contributed by atoms with Crippen LogP contribution >= 0.6 is 7.14 Å². The van der Waals surface area contributed by atoms with Crippen LogP contribution in [0.15, 0.2) is 115 Å².